The van der Waals surface area contributed by atoms with Gasteiger partial charge in [0, 0.05) is 37.1 Å². The van der Waals surface area contributed by atoms with E-state index in [9.17, 15) is 17.2 Å². The molecule has 2 aromatic heterocycles. The molecule has 0 saturated carbocycles. The van der Waals surface area contributed by atoms with E-state index in [4.69, 9.17) is 0 Å². The highest BCUT2D eigenvalue weighted by molar-refractivity contribution is 7.89. The Kier molecular flexibility index (Phi) is 5.36. The van der Waals surface area contributed by atoms with E-state index in [1.807, 2.05) is 35.2 Å². The van der Waals surface area contributed by atoms with Gasteiger partial charge in [-0.25, -0.2) is 27.2 Å². The van der Waals surface area contributed by atoms with Gasteiger partial charge in [-0.3, -0.25) is 0 Å². The number of piperazine rings is 1. The Balaban J connectivity index is 1.42. The van der Waals surface area contributed by atoms with Crippen molar-refractivity contribution < 1.29 is 17.2 Å². The van der Waals surface area contributed by atoms with Gasteiger partial charge in [-0.15, -0.1) is 11.3 Å². The van der Waals surface area contributed by atoms with Crippen molar-refractivity contribution in [2.75, 3.05) is 31.1 Å². The fourth-order valence-corrected chi connectivity index (χ4v) is 6.20. The molecule has 1 saturated heterocycles. The molecule has 2 aromatic carbocycles. The molecular formula is C22H18F2N4O2S2. The van der Waals surface area contributed by atoms with Gasteiger partial charge in [0.2, 0.25) is 10.0 Å². The topological polar surface area (TPSA) is 66.4 Å². The lowest BCUT2D eigenvalue weighted by molar-refractivity contribution is 0.383. The van der Waals surface area contributed by atoms with Gasteiger partial charge in [-0.1, -0.05) is 30.3 Å². The molecule has 0 aliphatic carbocycles. The number of aromatic nitrogens is 2. The number of hydrogen-bond acceptors (Lipinski definition) is 6. The molecule has 4 aromatic rings. The van der Waals surface area contributed by atoms with Gasteiger partial charge in [0.1, 0.15) is 17.0 Å². The van der Waals surface area contributed by atoms with Crippen LogP contribution < -0.4 is 4.90 Å². The first-order chi connectivity index (χ1) is 15.4. The number of thiophene rings is 1. The van der Waals surface area contributed by atoms with Crippen molar-refractivity contribution in [3.05, 3.63) is 71.9 Å². The normalized spacial score (nSPS) is 15.4. The fourth-order valence-electron chi connectivity index (χ4n) is 3.86. The van der Waals surface area contributed by atoms with Gasteiger partial charge >= 0.3 is 0 Å². The van der Waals surface area contributed by atoms with Gasteiger partial charge in [0.25, 0.3) is 0 Å². The Morgan fingerprint density at radius 1 is 0.906 bits per heavy atom. The molecule has 1 fully saturated rings. The van der Waals surface area contributed by atoms with Crippen molar-refractivity contribution in [2.24, 2.45) is 0 Å². The molecule has 5 rings (SSSR count). The second-order valence-electron chi connectivity index (χ2n) is 7.36. The van der Waals surface area contributed by atoms with Crippen molar-refractivity contribution in [3.63, 3.8) is 0 Å². The number of fused-ring (bicyclic) bond motifs is 1. The molecule has 164 valence electrons. The first-order valence-corrected chi connectivity index (χ1v) is 12.2. The summed E-state index contributed by atoms with van der Waals surface area (Å²) in [5.74, 6) is -1.49. The van der Waals surface area contributed by atoms with Crippen LogP contribution in [-0.4, -0.2) is 48.9 Å². The molecule has 0 spiro atoms. The Morgan fingerprint density at radius 3 is 2.38 bits per heavy atom. The van der Waals surface area contributed by atoms with Crippen LogP contribution in [0.3, 0.4) is 0 Å². The minimum atomic E-state index is -3.92. The monoisotopic (exact) mass is 472 g/mol. The Bertz CT molecular complexity index is 1390. The average Bonchev–Trinajstić information content (AvgIpc) is 3.26. The van der Waals surface area contributed by atoms with Crippen LogP contribution in [0.1, 0.15) is 0 Å². The van der Waals surface area contributed by atoms with E-state index < -0.39 is 21.7 Å². The number of anilines is 1. The number of sulfonamides is 1. The third-order valence-electron chi connectivity index (χ3n) is 5.50. The van der Waals surface area contributed by atoms with Crippen LogP contribution in [0.4, 0.5) is 14.6 Å². The van der Waals surface area contributed by atoms with Crippen LogP contribution >= 0.6 is 11.3 Å². The summed E-state index contributed by atoms with van der Waals surface area (Å²) in [5.41, 5.74) is 2.10. The van der Waals surface area contributed by atoms with E-state index in [1.165, 1.54) is 10.6 Å². The van der Waals surface area contributed by atoms with Crippen molar-refractivity contribution in [2.45, 2.75) is 4.90 Å². The van der Waals surface area contributed by atoms with Gasteiger partial charge < -0.3 is 4.90 Å². The third-order valence-corrected chi connectivity index (χ3v) is 8.28. The SMILES string of the molecule is O=S(=O)(c1ccc(F)c(F)c1)N1CCN(c2ncnc3scc(-c4ccccc4)c23)CC1. The Labute approximate surface area is 187 Å². The maximum atomic E-state index is 13.6. The maximum Gasteiger partial charge on any atom is 0.243 e. The summed E-state index contributed by atoms with van der Waals surface area (Å²) in [4.78, 5) is 11.6. The molecular weight excluding hydrogens is 454 g/mol. The summed E-state index contributed by atoms with van der Waals surface area (Å²) in [5, 5.41) is 3.00. The molecule has 0 amide bonds. The smallest absolute Gasteiger partial charge is 0.243 e. The predicted molar refractivity (Wildman–Crippen MR) is 120 cm³/mol. The molecule has 6 nitrogen and oxygen atoms in total. The zero-order valence-electron chi connectivity index (χ0n) is 16.8. The van der Waals surface area contributed by atoms with Gasteiger partial charge in [-0.05, 0) is 23.8 Å². The second-order valence-corrected chi connectivity index (χ2v) is 10.2. The first kappa shape index (κ1) is 20.9. The average molecular weight is 473 g/mol. The zero-order valence-corrected chi connectivity index (χ0v) is 18.4. The Hall–Kier alpha value is -2.95. The van der Waals surface area contributed by atoms with E-state index >= 15 is 0 Å². The van der Waals surface area contributed by atoms with Crippen LogP contribution in [0.15, 0.2) is 65.1 Å². The second kappa shape index (κ2) is 8.19. The van der Waals surface area contributed by atoms with Crippen molar-refractivity contribution in [1.82, 2.24) is 14.3 Å². The minimum Gasteiger partial charge on any atom is -0.353 e. The van der Waals surface area contributed by atoms with Crippen LogP contribution in [0.2, 0.25) is 0 Å². The first-order valence-electron chi connectivity index (χ1n) is 9.93. The molecule has 3 heterocycles. The van der Waals surface area contributed by atoms with E-state index in [2.05, 4.69) is 15.3 Å². The van der Waals surface area contributed by atoms with E-state index in [0.717, 1.165) is 45.4 Å². The summed E-state index contributed by atoms with van der Waals surface area (Å²) in [6.45, 7) is 1.24. The molecule has 10 heteroatoms. The van der Waals surface area contributed by atoms with E-state index in [-0.39, 0.29) is 18.0 Å². The molecule has 0 unspecified atom stereocenters. The number of benzene rings is 2. The maximum absolute atomic E-state index is 13.6. The predicted octanol–water partition coefficient (Wildman–Crippen LogP) is 4.15. The summed E-state index contributed by atoms with van der Waals surface area (Å²) < 4.78 is 53.9. The summed E-state index contributed by atoms with van der Waals surface area (Å²) >= 11 is 1.54. The van der Waals surface area contributed by atoms with Crippen molar-refractivity contribution in [3.8, 4) is 11.1 Å². The van der Waals surface area contributed by atoms with Gasteiger partial charge in [0.05, 0.1) is 10.3 Å². The van der Waals surface area contributed by atoms with Crippen molar-refractivity contribution >= 4 is 37.4 Å². The highest BCUT2D eigenvalue weighted by Crippen LogP contribution is 2.38. The molecule has 1 aliphatic heterocycles. The number of hydrogen-bond donors (Lipinski definition) is 0. The quantitative estimate of drug-likeness (QED) is 0.447. The number of nitrogens with zero attached hydrogens (tertiary/aromatic N) is 4. The van der Waals surface area contributed by atoms with Crippen LogP contribution in [0.5, 0.6) is 0 Å². The molecule has 32 heavy (non-hydrogen) atoms. The highest BCUT2D eigenvalue weighted by atomic mass is 32.2. The lowest BCUT2D eigenvalue weighted by Gasteiger charge is -2.35. The van der Waals surface area contributed by atoms with E-state index in [1.54, 1.807) is 11.3 Å². The van der Waals surface area contributed by atoms with Crippen LogP contribution in [-0.2, 0) is 10.0 Å². The molecule has 1 aliphatic rings. The lowest BCUT2D eigenvalue weighted by Crippen LogP contribution is -2.49. The third kappa shape index (κ3) is 3.64. The number of rotatable bonds is 4. The summed E-state index contributed by atoms with van der Waals surface area (Å²) in [6, 6.07) is 12.6. The minimum absolute atomic E-state index is 0.206. The number of halogens is 2. The molecule has 0 atom stereocenters. The van der Waals surface area contributed by atoms with Crippen molar-refractivity contribution in [1.29, 1.82) is 0 Å². The highest BCUT2D eigenvalue weighted by Gasteiger charge is 2.30. The van der Waals surface area contributed by atoms with Crippen LogP contribution in [0, 0.1) is 11.6 Å². The largest absolute Gasteiger partial charge is 0.353 e. The fraction of sp³-hybridized carbons (Fsp3) is 0.182. The summed E-state index contributed by atoms with van der Waals surface area (Å²) in [6.07, 6.45) is 1.52. The van der Waals surface area contributed by atoms with E-state index in [0.29, 0.717) is 13.1 Å². The van der Waals surface area contributed by atoms with Crippen LogP contribution in [0.25, 0.3) is 21.3 Å². The van der Waals surface area contributed by atoms with Gasteiger partial charge in [0.15, 0.2) is 11.6 Å². The Morgan fingerprint density at radius 2 is 1.66 bits per heavy atom. The van der Waals surface area contributed by atoms with Gasteiger partial charge in [-0.2, -0.15) is 4.31 Å². The standard InChI is InChI=1S/C22H18F2N4O2S2/c23-18-7-6-16(12-19(18)24)32(29,30)28-10-8-27(9-11-28)21-20-17(15-4-2-1-3-5-15)13-31-22(20)26-14-25-21/h1-7,12-14H,8-11H2. The zero-order chi connectivity index (χ0) is 22.3. The molecule has 0 radical (unpaired) electrons. The molecule has 0 bridgehead atoms. The summed E-state index contributed by atoms with van der Waals surface area (Å²) in [7, 11) is -3.92. The lowest BCUT2D eigenvalue weighted by atomic mass is 10.1. The molecule has 0 N–H and O–H groups in total.